The first kappa shape index (κ1) is 24.9. The van der Waals surface area contributed by atoms with Gasteiger partial charge < -0.3 is 14.7 Å². The Morgan fingerprint density at radius 3 is 2.36 bits per heavy atom. The molecule has 1 unspecified atom stereocenters. The Bertz CT molecular complexity index is 1290. The molecule has 3 aromatic rings. The lowest BCUT2D eigenvalue weighted by molar-refractivity contribution is -0.378. The second-order valence-electron chi connectivity index (χ2n) is 9.82. The first-order valence-corrected chi connectivity index (χ1v) is 11.9. The average molecular weight is 483 g/mol. The van der Waals surface area contributed by atoms with Gasteiger partial charge in [-0.2, -0.15) is 0 Å². The van der Waals surface area contributed by atoms with Crippen molar-refractivity contribution in [2.75, 3.05) is 6.61 Å². The number of rotatable bonds is 7. The van der Waals surface area contributed by atoms with Gasteiger partial charge in [-0.1, -0.05) is 75.6 Å². The number of aromatic nitrogens is 1. The van der Waals surface area contributed by atoms with Gasteiger partial charge in [-0.3, -0.25) is 9.59 Å². The Morgan fingerprint density at radius 2 is 1.78 bits per heavy atom. The molecule has 36 heavy (non-hydrogen) atoms. The van der Waals surface area contributed by atoms with Gasteiger partial charge in [0.15, 0.2) is 12.4 Å². The van der Waals surface area contributed by atoms with E-state index in [1.807, 2.05) is 36.4 Å². The van der Waals surface area contributed by atoms with Crippen LogP contribution in [0.2, 0.25) is 0 Å². The largest absolute Gasteiger partial charge is 0.872 e. The second kappa shape index (κ2) is 10.2. The quantitative estimate of drug-likeness (QED) is 0.222. The van der Waals surface area contributed by atoms with Crippen LogP contribution in [0.4, 0.5) is 0 Å². The molecule has 1 aliphatic heterocycles. The molecule has 1 aliphatic rings. The van der Waals surface area contributed by atoms with Crippen molar-refractivity contribution in [2.24, 2.45) is 0 Å². The number of hydrogen-bond donors (Lipinski definition) is 0. The summed E-state index contributed by atoms with van der Waals surface area (Å²) in [5.74, 6) is -1.33. The van der Waals surface area contributed by atoms with Gasteiger partial charge in [0.2, 0.25) is 5.78 Å². The van der Waals surface area contributed by atoms with Crippen molar-refractivity contribution in [2.45, 2.75) is 38.8 Å². The van der Waals surface area contributed by atoms with Crippen LogP contribution in [0.25, 0.3) is 5.76 Å². The molecule has 1 fully saturated rings. The number of pyridine rings is 1. The Morgan fingerprint density at radius 1 is 1.08 bits per heavy atom. The number of nitrogens with zero attached hydrogens (tertiary/aromatic N) is 1. The number of likely N-dealkylation sites (tertiary alicyclic amines) is 1. The molecular formula is C30H30N2O4. The lowest BCUT2D eigenvalue weighted by Gasteiger charge is -2.28. The highest BCUT2D eigenvalue weighted by atomic mass is 16.5. The van der Waals surface area contributed by atoms with E-state index in [0.717, 1.165) is 16.7 Å². The molecule has 0 saturated carbocycles. The Labute approximate surface area is 211 Å². The van der Waals surface area contributed by atoms with Crippen molar-refractivity contribution in [3.05, 3.63) is 114 Å². The Balaban J connectivity index is 1.80. The predicted molar refractivity (Wildman–Crippen MR) is 135 cm³/mol. The maximum absolute atomic E-state index is 13.6. The van der Waals surface area contributed by atoms with E-state index >= 15 is 0 Å². The standard InChI is InChI=1S/C30H30N2O4/c1-5-17-36-24-14-10-22(11-15-24)27(33)25-26(21-8-12-23(13-9-21)30(2,3)4)32(29(35)28(25)34)19-20-7-6-16-31-18-20/h5-16,18,26,33H,1,17,19H2,2-4H3. The van der Waals surface area contributed by atoms with Gasteiger partial charge in [0.25, 0.3) is 5.91 Å². The van der Waals surface area contributed by atoms with E-state index < -0.39 is 23.5 Å². The van der Waals surface area contributed by atoms with Gasteiger partial charge in [-0.25, -0.2) is 4.98 Å². The number of aromatic amines is 1. The van der Waals surface area contributed by atoms with Gasteiger partial charge in [0.1, 0.15) is 12.4 Å². The first-order valence-electron chi connectivity index (χ1n) is 11.9. The number of ketones is 1. The zero-order valence-corrected chi connectivity index (χ0v) is 20.8. The van der Waals surface area contributed by atoms with Crippen LogP contribution in [0.5, 0.6) is 5.75 Å². The van der Waals surface area contributed by atoms with Crippen LogP contribution >= 0.6 is 0 Å². The van der Waals surface area contributed by atoms with Crippen molar-refractivity contribution in [1.82, 2.24) is 4.90 Å². The van der Waals surface area contributed by atoms with E-state index in [9.17, 15) is 14.7 Å². The lowest BCUT2D eigenvalue weighted by Crippen LogP contribution is -2.29. The monoisotopic (exact) mass is 482 g/mol. The summed E-state index contributed by atoms with van der Waals surface area (Å²) in [7, 11) is 0. The highest BCUT2D eigenvalue weighted by Crippen LogP contribution is 2.40. The van der Waals surface area contributed by atoms with Crippen LogP contribution in [0.15, 0.2) is 91.3 Å². The minimum absolute atomic E-state index is 0.0387. The third-order valence-electron chi connectivity index (χ3n) is 6.23. The first-order chi connectivity index (χ1) is 17.2. The van der Waals surface area contributed by atoms with Gasteiger partial charge in [0.05, 0.1) is 12.6 Å². The summed E-state index contributed by atoms with van der Waals surface area (Å²) in [5, 5.41) is 13.6. The number of amides is 1. The van der Waals surface area contributed by atoms with Crippen LogP contribution < -0.4 is 14.8 Å². The van der Waals surface area contributed by atoms with E-state index in [2.05, 4.69) is 32.3 Å². The molecule has 0 bridgehead atoms. The van der Waals surface area contributed by atoms with Crippen molar-refractivity contribution in [1.29, 1.82) is 0 Å². The third-order valence-corrected chi connectivity index (χ3v) is 6.23. The SMILES string of the molecule is C=CCOc1ccc(C([O-])=C2C(=O)C(=O)N(Cc3ccc[nH+]c3)C2c2ccc(C(C)(C)C)cc2)cc1. The molecular weight excluding hydrogens is 452 g/mol. The summed E-state index contributed by atoms with van der Waals surface area (Å²) in [6.07, 6.45) is 5.18. The van der Waals surface area contributed by atoms with E-state index in [1.54, 1.807) is 42.7 Å². The number of ether oxygens (including phenoxy) is 1. The average Bonchev–Trinajstić information content (AvgIpc) is 3.12. The maximum Gasteiger partial charge on any atom is 0.295 e. The van der Waals surface area contributed by atoms with Crippen molar-refractivity contribution in [3.63, 3.8) is 0 Å². The third kappa shape index (κ3) is 5.08. The zero-order chi connectivity index (χ0) is 25.9. The molecule has 1 saturated heterocycles. The molecule has 0 spiro atoms. The van der Waals surface area contributed by atoms with E-state index in [0.29, 0.717) is 17.9 Å². The van der Waals surface area contributed by atoms with Gasteiger partial charge >= 0.3 is 0 Å². The van der Waals surface area contributed by atoms with E-state index in [4.69, 9.17) is 4.74 Å². The van der Waals surface area contributed by atoms with Gasteiger partial charge in [0, 0.05) is 17.2 Å². The lowest BCUT2D eigenvalue weighted by atomic mass is 9.85. The Kier molecular flexibility index (Phi) is 7.06. The maximum atomic E-state index is 13.6. The molecule has 0 radical (unpaired) electrons. The summed E-state index contributed by atoms with van der Waals surface area (Å²) in [5.41, 5.74) is 2.89. The number of carbonyl (C=O) groups excluding carboxylic acids is 2. The highest BCUT2D eigenvalue weighted by Gasteiger charge is 2.44. The topological polar surface area (TPSA) is 83.8 Å². The van der Waals surface area contributed by atoms with Gasteiger partial charge in [-0.15, -0.1) is 0 Å². The summed E-state index contributed by atoms with van der Waals surface area (Å²) >= 11 is 0. The number of nitrogens with one attached hydrogen (secondary N) is 1. The fourth-order valence-electron chi connectivity index (χ4n) is 4.28. The molecule has 1 amide bonds. The van der Waals surface area contributed by atoms with Crippen LogP contribution in [0.3, 0.4) is 0 Å². The number of carbonyl (C=O) groups is 2. The Hall–Kier alpha value is -4.19. The molecule has 4 rings (SSSR count). The fourth-order valence-corrected chi connectivity index (χ4v) is 4.28. The van der Waals surface area contributed by atoms with Crippen LogP contribution in [0.1, 0.15) is 49.1 Å². The fraction of sp³-hybridized carbons (Fsp3) is 0.233. The highest BCUT2D eigenvalue weighted by molar-refractivity contribution is 6.46. The molecule has 1 atom stereocenters. The van der Waals surface area contributed by atoms with Gasteiger partial charge in [-0.05, 0) is 40.3 Å². The minimum Gasteiger partial charge on any atom is -0.872 e. The molecule has 2 aromatic carbocycles. The molecule has 6 nitrogen and oxygen atoms in total. The minimum atomic E-state index is -0.789. The molecule has 0 aliphatic carbocycles. The van der Waals surface area contributed by atoms with Crippen LogP contribution in [-0.4, -0.2) is 23.2 Å². The van der Waals surface area contributed by atoms with E-state index in [1.165, 1.54) is 4.90 Å². The predicted octanol–water partition coefficient (Wildman–Crippen LogP) is 3.79. The van der Waals surface area contributed by atoms with Crippen LogP contribution in [-0.2, 0) is 21.5 Å². The number of benzene rings is 2. The van der Waals surface area contributed by atoms with Crippen molar-refractivity contribution >= 4 is 17.4 Å². The molecule has 1 N–H and O–H groups in total. The van der Waals surface area contributed by atoms with E-state index in [-0.39, 0.29) is 17.5 Å². The number of hydrogen-bond acceptors (Lipinski definition) is 4. The summed E-state index contributed by atoms with van der Waals surface area (Å²) in [4.78, 5) is 30.9. The number of H-pyrrole nitrogens is 1. The molecule has 6 heteroatoms. The number of Topliss-reactive ketones (excluding diaryl/α,β-unsaturated/α-hetero) is 1. The van der Waals surface area contributed by atoms with Crippen LogP contribution in [0, 0.1) is 0 Å². The van der Waals surface area contributed by atoms with Crippen molar-refractivity contribution < 1.29 is 24.4 Å². The van der Waals surface area contributed by atoms with Crippen molar-refractivity contribution in [3.8, 4) is 5.75 Å². The molecule has 184 valence electrons. The summed E-state index contributed by atoms with van der Waals surface area (Å²) in [6, 6.07) is 17.3. The smallest absolute Gasteiger partial charge is 0.295 e. The summed E-state index contributed by atoms with van der Waals surface area (Å²) in [6.45, 7) is 10.5. The second-order valence-corrected chi connectivity index (χ2v) is 9.82. The normalized spacial score (nSPS) is 17.3. The molecule has 2 heterocycles. The molecule has 1 aromatic heterocycles. The summed E-state index contributed by atoms with van der Waals surface area (Å²) < 4.78 is 5.50. The zero-order valence-electron chi connectivity index (χ0n) is 20.8.